The van der Waals surface area contributed by atoms with E-state index in [0.717, 1.165) is 26.1 Å². The molecule has 4 heteroatoms. The molecule has 0 aromatic heterocycles. The first-order chi connectivity index (χ1) is 10.3. The van der Waals surface area contributed by atoms with E-state index in [1.54, 1.807) is 0 Å². The monoisotopic (exact) mass is 310 g/mol. The van der Waals surface area contributed by atoms with Gasteiger partial charge in [0.1, 0.15) is 5.60 Å². The van der Waals surface area contributed by atoms with Gasteiger partial charge in [-0.2, -0.15) is 0 Å². The molecule has 0 aromatic carbocycles. The van der Waals surface area contributed by atoms with Gasteiger partial charge in [0.25, 0.3) is 0 Å². The van der Waals surface area contributed by atoms with Crippen molar-refractivity contribution in [3.8, 4) is 0 Å². The molecule has 1 aliphatic heterocycles. The van der Waals surface area contributed by atoms with Crippen LogP contribution in [0.15, 0.2) is 0 Å². The minimum absolute atomic E-state index is 0.156. The highest BCUT2D eigenvalue weighted by Gasteiger charge is 2.35. The maximum Gasteiger partial charge on any atom is 0.410 e. The van der Waals surface area contributed by atoms with Crippen LogP contribution in [-0.4, -0.2) is 42.3 Å². The maximum absolute atomic E-state index is 12.3. The van der Waals surface area contributed by atoms with Crippen molar-refractivity contribution in [1.29, 1.82) is 0 Å². The molecular formula is C18H34N2O2. The van der Waals surface area contributed by atoms with Gasteiger partial charge in [0, 0.05) is 25.7 Å². The molecule has 1 saturated heterocycles. The van der Waals surface area contributed by atoms with Gasteiger partial charge < -0.3 is 15.0 Å². The van der Waals surface area contributed by atoms with Crippen LogP contribution in [0, 0.1) is 5.41 Å². The fourth-order valence-corrected chi connectivity index (χ4v) is 3.64. The number of carbonyl (C=O) groups is 1. The zero-order chi connectivity index (χ0) is 16.2. The summed E-state index contributed by atoms with van der Waals surface area (Å²) in [5.74, 6) is 0. The maximum atomic E-state index is 12.3. The van der Waals surface area contributed by atoms with E-state index in [0.29, 0.717) is 6.04 Å². The molecule has 0 radical (unpaired) electrons. The minimum atomic E-state index is -0.411. The van der Waals surface area contributed by atoms with Crippen molar-refractivity contribution in [2.75, 3.05) is 19.6 Å². The third-order valence-corrected chi connectivity index (χ3v) is 4.86. The summed E-state index contributed by atoms with van der Waals surface area (Å²) in [6.07, 6.45) is 8.83. The van der Waals surface area contributed by atoms with E-state index >= 15 is 0 Å². The van der Waals surface area contributed by atoms with Gasteiger partial charge in [0.05, 0.1) is 0 Å². The third kappa shape index (κ3) is 5.45. The Morgan fingerprint density at radius 2 is 1.91 bits per heavy atom. The Morgan fingerprint density at radius 3 is 2.55 bits per heavy atom. The number of piperidine rings is 1. The van der Waals surface area contributed by atoms with Gasteiger partial charge in [-0.25, -0.2) is 4.79 Å². The topological polar surface area (TPSA) is 41.6 Å². The predicted molar refractivity (Wildman–Crippen MR) is 90.0 cm³/mol. The zero-order valence-electron chi connectivity index (χ0n) is 14.9. The van der Waals surface area contributed by atoms with Gasteiger partial charge in [0.15, 0.2) is 0 Å². The molecule has 2 fully saturated rings. The smallest absolute Gasteiger partial charge is 0.410 e. The molecule has 2 rings (SSSR count). The Morgan fingerprint density at radius 1 is 1.23 bits per heavy atom. The molecule has 1 amide bonds. The van der Waals surface area contributed by atoms with Crippen molar-refractivity contribution in [3.05, 3.63) is 0 Å². The van der Waals surface area contributed by atoms with Crippen LogP contribution in [-0.2, 0) is 4.74 Å². The highest BCUT2D eigenvalue weighted by molar-refractivity contribution is 5.68. The fraction of sp³-hybridized carbons (Fsp3) is 0.944. The zero-order valence-corrected chi connectivity index (χ0v) is 14.9. The van der Waals surface area contributed by atoms with Crippen LogP contribution in [0.2, 0.25) is 0 Å². The summed E-state index contributed by atoms with van der Waals surface area (Å²) in [6.45, 7) is 10.7. The molecule has 1 unspecified atom stereocenters. The molecular weight excluding hydrogens is 276 g/mol. The summed E-state index contributed by atoms with van der Waals surface area (Å²) in [6, 6.07) is 0.683. The van der Waals surface area contributed by atoms with Gasteiger partial charge in [-0.1, -0.05) is 26.2 Å². The Labute approximate surface area is 136 Å². The summed E-state index contributed by atoms with van der Waals surface area (Å²) in [5.41, 5.74) is -0.238. The van der Waals surface area contributed by atoms with Crippen molar-refractivity contribution in [2.45, 2.75) is 84.3 Å². The van der Waals surface area contributed by atoms with Crippen LogP contribution < -0.4 is 5.32 Å². The normalized spacial score (nSPS) is 27.7. The van der Waals surface area contributed by atoms with Gasteiger partial charge >= 0.3 is 6.09 Å². The number of likely N-dealkylation sites (tertiary alicyclic amines) is 1. The highest BCUT2D eigenvalue weighted by Crippen LogP contribution is 2.30. The molecule has 1 saturated carbocycles. The van der Waals surface area contributed by atoms with Crippen LogP contribution in [0.25, 0.3) is 0 Å². The van der Waals surface area contributed by atoms with Crippen molar-refractivity contribution in [1.82, 2.24) is 10.2 Å². The first-order valence-corrected chi connectivity index (χ1v) is 8.99. The Bertz CT molecular complexity index is 372. The van der Waals surface area contributed by atoms with Crippen LogP contribution in [0.3, 0.4) is 0 Å². The van der Waals surface area contributed by atoms with E-state index < -0.39 is 5.60 Å². The molecule has 1 atom stereocenters. The molecule has 0 aromatic rings. The van der Waals surface area contributed by atoms with Crippen LogP contribution in [0.5, 0.6) is 0 Å². The number of hydrogen-bond donors (Lipinski definition) is 1. The van der Waals surface area contributed by atoms with Gasteiger partial charge in [0.2, 0.25) is 0 Å². The standard InChI is InChI=1S/C18H34N2O2/c1-17(2,3)22-16(21)20-12-8-11-18(4,14-20)13-19-15-9-6-5-7-10-15/h15,19H,5-14H2,1-4H3. The van der Waals surface area contributed by atoms with E-state index in [2.05, 4.69) is 12.2 Å². The fourth-order valence-electron chi connectivity index (χ4n) is 3.64. The Hall–Kier alpha value is -0.770. The van der Waals surface area contributed by atoms with E-state index in [1.165, 1.54) is 38.5 Å². The molecule has 1 heterocycles. The lowest BCUT2D eigenvalue weighted by molar-refractivity contribution is 0.00633. The number of nitrogens with zero attached hydrogens (tertiary/aromatic N) is 1. The number of nitrogens with one attached hydrogen (secondary N) is 1. The van der Waals surface area contributed by atoms with Crippen molar-refractivity contribution < 1.29 is 9.53 Å². The summed E-state index contributed by atoms with van der Waals surface area (Å²) >= 11 is 0. The average molecular weight is 310 g/mol. The second-order valence-electron chi connectivity index (χ2n) is 8.53. The summed E-state index contributed by atoms with van der Waals surface area (Å²) in [4.78, 5) is 14.2. The van der Waals surface area contributed by atoms with Gasteiger partial charge in [-0.05, 0) is 51.9 Å². The SMILES string of the molecule is CC1(CNC2CCCCC2)CCCN(C(=O)OC(C)(C)C)C1. The van der Waals surface area contributed by atoms with Crippen molar-refractivity contribution in [2.24, 2.45) is 5.41 Å². The summed E-state index contributed by atoms with van der Waals surface area (Å²) < 4.78 is 5.53. The number of hydrogen-bond acceptors (Lipinski definition) is 3. The summed E-state index contributed by atoms with van der Waals surface area (Å²) in [5, 5.41) is 3.76. The molecule has 0 bridgehead atoms. The van der Waals surface area contributed by atoms with E-state index in [-0.39, 0.29) is 11.5 Å². The first kappa shape index (κ1) is 17.6. The lowest BCUT2D eigenvalue weighted by Gasteiger charge is -2.42. The second-order valence-corrected chi connectivity index (χ2v) is 8.53. The van der Waals surface area contributed by atoms with Gasteiger partial charge in [-0.3, -0.25) is 0 Å². The molecule has 1 N–H and O–H groups in total. The largest absolute Gasteiger partial charge is 0.444 e. The van der Waals surface area contributed by atoms with E-state index in [1.807, 2.05) is 25.7 Å². The Kier molecular flexibility index (Phi) is 5.76. The summed E-state index contributed by atoms with van der Waals surface area (Å²) in [7, 11) is 0. The average Bonchev–Trinajstić information content (AvgIpc) is 2.45. The second kappa shape index (κ2) is 7.20. The minimum Gasteiger partial charge on any atom is -0.444 e. The molecule has 1 aliphatic carbocycles. The molecule has 0 spiro atoms. The lowest BCUT2D eigenvalue weighted by Crippen LogP contribution is -2.51. The van der Waals surface area contributed by atoms with E-state index in [4.69, 9.17) is 4.74 Å². The number of ether oxygens (including phenoxy) is 1. The van der Waals surface area contributed by atoms with Gasteiger partial charge in [-0.15, -0.1) is 0 Å². The third-order valence-electron chi connectivity index (χ3n) is 4.86. The lowest BCUT2D eigenvalue weighted by atomic mass is 9.81. The quantitative estimate of drug-likeness (QED) is 0.858. The first-order valence-electron chi connectivity index (χ1n) is 8.99. The van der Waals surface area contributed by atoms with E-state index in [9.17, 15) is 4.79 Å². The Balaban J connectivity index is 1.83. The van der Waals surface area contributed by atoms with Crippen LogP contribution in [0.1, 0.15) is 72.6 Å². The van der Waals surface area contributed by atoms with Crippen molar-refractivity contribution in [3.63, 3.8) is 0 Å². The molecule has 2 aliphatic rings. The highest BCUT2D eigenvalue weighted by atomic mass is 16.6. The molecule has 4 nitrogen and oxygen atoms in total. The molecule has 128 valence electrons. The van der Waals surface area contributed by atoms with Crippen LogP contribution in [0.4, 0.5) is 4.79 Å². The van der Waals surface area contributed by atoms with Crippen molar-refractivity contribution >= 4 is 6.09 Å². The molecule has 22 heavy (non-hydrogen) atoms. The predicted octanol–water partition coefficient (Wildman–Crippen LogP) is 3.95. The number of carbonyl (C=O) groups excluding carboxylic acids is 1. The van der Waals surface area contributed by atoms with Crippen LogP contribution >= 0.6 is 0 Å². The number of rotatable bonds is 3. The number of amides is 1.